The van der Waals surface area contributed by atoms with Crippen LogP contribution in [0.3, 0.4) is 0 Å². The van der Waals surface area contributed by atoms with Gasteiger partial charge in [0.15, 0.2) is 0 Å². The second-order valence-electron chi connectivity index (χ2n) is 10.7. The number of carbonyl (C=O) groups is 2. The van der Waals surface area contributed by atoms with Gasteiger partial charge in [0.2, 0.25) is 21.8 Å². The average Bonchev–Trinajstić information content (AvgIpc) is 2.62. The van der Waals surface area contributed by atoms with Gasteiger partial charge in [-0.3, -0.25) is 9.59 Å². The predicted molar refractivity (Wildman–Crippen MR) is 117 cm³/mol. The molecule has 0 aliphatic heterocycles. The molecule has 4 aliphatic rings. The summed E-state index contributed by atoms with van der Waals surface area (Å²) >= 11 is 0. The zero-order valence-corrected chi connectivity index (χ0v) is 19.5. The number of rotatable bonds is 6. The van der Waals surface area contributed by atoms with Crippen molar-refractivity contribution in [2.45, 2.75) is 76.3 Å². The Bertz CT molecular complexity index is 997. The van der Waals surface area contributed by atoms with E-state index in [1.54, 1.807) is 26.0 Å². The normalized spacial score (nSPS) is 32.1. The zero-order chi connectivity index (χ0) is 22.8. The minimum Gasteiger partial charge on any atom is -0.369 e. The second-order valence-corrected chi connectivity index (χ2v) is 12.4. The predicted octanol–water partition coefficient (Wildman–Crippen LogP) is 2.16. The third-order valence-electron chi connectivity index (χ3n) is 7.56. The zero-order valence-electron chi connectivity index (χ0n) is 18.7. The van der Waals surface area contributed by atoms with Crippen LogP contribution in [0.15, 0.2) is 23.1 Å². The Labute approximate surface area is 184 Å². The number of hydrogen-bond donors (Lipinski definition) is 3. The van der Waals surface area contributed by atoms with Crippen molar-refractivity contribution in [1.82, 2.24) is 10.0 Å². The molecule has 1 aromatic rings. The molecule has 8 heteroatoms. The highest BCUT2D eigenvalue weighted by Crippen LogP contribution is 2.59. The Hall–Kier alpha value is -1.93. The van der Waals surface area contributed by atoms with E-state index in [1.165, 1.54) is 0 Å². The van der Waals surface area contributed by atoms with Gasteiger partial charge in [-0.05, 0) is 101 Å². The van der Waals surface area contributed by atoms with Crippen LogP contribution >= 0.6 is 0 Å². The number of nitrogens with one attached hydrogen (secondary N) is 2. The van der Waals surface area contributed by atoms with Crippen molar-refractivity contribution in [3.8, 4) is 0 Å². The van der Waals surface area contributed by atoms with E-state index in [1.807, 2.05) is 19.9 Å². The highest BCUT2D eigenvalue weighted by atomic mass is 32.2. The van der Waals surface area contributed by atoms with Gasteiger partial charge >= 0.3 is 0 Å². The molecular formula is C23H33N3O4S. The van der Waals surface area contributed by atoms with E-state index in [4.69, 9.17) is 5.73 Å². The molecule has 0 aromatic heterocycles. The van der Waals surface area contributed by atoms with Crippen LogP contribution in [0.2, 0.25) is 0 Å². The van der Waals surface area contributed by atoms with Gasteiger partial charge in [0, 0.05) is 11.5 Å². The first kappa shape index (κ1) is 22.3. The number of benzene rings is 1. The monoisotopic (exact) mass is 447 g/mol. The van der Waals surface area contributed by atoms with Crippen molar-refractivity contribution >= 4 is 21.8 Å². The fourth-order valence-corrected chi connectivity index (χ4v) is 7.99. The summed E-state index contributed by atoms with van der Waals surface area (Å²) < 4.78 is 28.5. The number of carbonyl (C=O) groups excluding carboxylic acids is 2. The van der Waals surface area contributed by atoms with E-state index in [2.05, 4.69) is 10.0 Å². The highest BCUT2D eigenvalue weighted by molar-refractivity contribution is 7.89. The number of hydrogen-bond acceptors (Lipinski definition) is 4. The molecule has 2 amide bonds. The van der Waals surface area contributed by atoms with Gasteiger partial charge in [-0.2, -0.15) is 4.72 Å². The molecule has 0 heterocycles. The van der Waals surface area contributed by atoms with Crippen molar-refractivity contribution < 1.29 is 18.0 Å². The number of sulfonamides is 1. The lowest BCUT2D eigenvalue weighted by molar-refractivity contribution is -0.148. The molecular weight excluding hydrogens is 414 g/mol. The van der Waals surface area contributed by atoms with Crippen LogP contribution < -0.4 is 15.8 Å². The van der Waals surface area contributed by atoms with Gasteiger partial charge in [-0.1, -0.05) is 6.07 Å². The Morgan fingerprint density at radius 3 is 2.10 bits per heavy atom. The summed E-state index contributed by atoms with van der Waals surface area (Å²) in [5.41, 5.74) is 5.71. The fourth-order valence-electron chi connectivity index (χ4n) is 6.42. The van der Waals surface area contributed by atoms with Gasteiger partial charge in [0.1, 0.15) is 5.54 Å². The molecule has 7 nitrogen and oxygen atoms in total. The molecule has 31 heavy (non-hydrogen) atoms. The molecule has 170 valence electrons. The summed E-state index contributed by atoms with van der Waals surface area (Å²) in [6.45, 7) is 6.86. The smallest absolute Gasteiger partial charge is 0.241 e. The molecule has 0 spiro atoms. The first-order chi connectivity index (χ1) is 14.3. The maximum Gasteiger partial charge on any atom is 0.241 e. The van der Waals surface area contributed by atoms with Crippen molar-refractivity contribution in [2.75, 3.05) is 0 Å². The second kappa shape index (κ2) is 7.30. The van der Waals surface area contributed by atoms with Crippen LogP contribution in [0, 0.1) is 37.0 Å². The Morgan fingerprint density at radius 2 is 1.58 bits per heavy atom. The van der Waals surface area contributed by atoms with Crippen LogP contribution in [0.4, 0.5) is 0 Å². The lowest BCUT2D eigenvalue weighted by Crippen LogP contribution is -2.65. The maximum atomic E-state index is 13.2. The number of amides is 2. The van der Waals surface area contributed by atoms with Gasteiger partial charge < -0.3 is 11.1 Å². The summed E-state index contributed by atoms with van der Waals surface area (Å²) in [6.07, 6.45) is 4.29. The fraction of sp³-hybridized carbons (Fsp3) is 0.652. The quantitative estimate of drug-likeness (QED) is 0.619. The molecule has 0 saturated heterocycles. The van der Waals surface area contributed by atoms with Gasteiger partial charge in [-0.15, -0.1) is 0 Å². The summed E-state index contributed by atoms with van der Waals surface area (Å²) in [5, 5.41) is 3.14. The summed E-state index contributed by atoms with van der Waals surface area (Å²) in [5.74, 6) is 0.377. The minimum absolute atomic E-state index is 0.0403. The van der Waals surface area contributed by atoms with Crippen LogP contribution in [0.25, 0.3) is 0 Å². The van der Waals surface area contributed by atoms with E-state index in [0.717, 1.165) is 43.2 Å². The summed E-state index contributed by atoms with van der Waals surface area (Å²) in [6, 6.07) is 5.07. The van der Waals surface area contributed by atoms with Gasteiger partial charge in [-0.25, -0.2) is 8.42 Å². The maximum absolute atomic E-state index is 13.2. The van der Waals surface area contributed by atoms with Crippen molar-refractivity contribution in [1.29, 1.82) is 0 Å². The Balaban J connectivity index is 1.49. The molecule has 4 N–H and O–H groups in total. The minimum atomic E-state index is -3.86. The average molecular weight is 448 g/mol. The molecule has 4 saturated carbocycles. The first-order valence-electron chi connectivity index (χ1n) is 11.0. The van der Waals surface area contributed by atoms with Crippen molar-refractivity contribution in [2.24, 2.45) is 28.9 Å². The summed E-state index contributed by atoms with van der Waals surface area (Å²) in [7, 11) is -3.86. The molecule has 5 rings (SSSR count). The van der Waals surface area contributed by atoms with Gasteiger partial charge in [0.05, 0.1) is 4.90 Å². The van der Waals surface area contributed by atoms with E-state index < -0.39 is 21.0 Å². The number of aryl methyl sites for hydroxylation is 2. The lowest BCUT2D eigenvalue weighted by Gasteiger charge is -2.59. The topological polar surface area (TPSA) is 118 Å². The Kier molecular flexibility index (Phi) is 5.25. The van der Waals surface area contributed by atoms with Crippen LogP contribution in [-0.4, -0.2) is 31.8 Å². The van der Waals surface area contributed by atoms with Crippen molar-refractivity contribution in [3.63, 3.8) is 0 Å². The van der Waals surface area contributed by atoms with E-state index >= 15 is 0 Å². The van der Waals surface area contributed by atoms with E-state index in [9.17, 15) is 18.0 Å². The van der Waals surface area contributed by atoms with Gasteiger partial charge in [0.25, 0.3) is 0 Å². The molecule has 4 fully saturated rings. The van der Waals surface area contributed by atoms with Crippen LogP contribution in [0.5, 0.6) is 0 Å². The van der Waals surface area contributed by atoms with E-state index in [-0.39, 0.29) is 34.6 Å². The molecule has 0 radical (unpaired) electrons. The molecule has 2 unspecified atom stereocenters. The SMILES string of the molecule is Cc1cc(C)cc(S(=O)(=O)NC(C)(C)C(=O)NC2C3CC4CC2CC(C(N)=O)(C4)C3)c1. The molecule has 4 aliphatic carbocycles. The Morgan fingerprint density at radius 1 is 1.03 bits per heavy atom. The third-order valence-corrected chi connectivity index (χ3v) is 9.19. The molecule has 1 aromatic carbocycles. The summed E-state index contributed by atoms with van der Waals surface area (Å²) in [4.78, 5) is 25.5. The lowest BCUT2D eigenvalue weighted by atomic mass is 9.47. The number of nitrogens with two attached hydrogens (primary N) is 1. The molecule has 2 atom stereocenters. The highest BCUT2D eigenvalue weighted by Gasteiger charge is 2.58. The van der Waals surface area contributed by atoms with E-state index in [0.29, 0.717) is 5.92 Å². The third kappa shape index (κ3) is 4.00. The van der Waals surface area contributed by atoms with Crippen LogP contribution in [0.1, 0.15) is 57.1 Å². The standard InChI is InChI=1S/C23H33N3O4S/c1-13-5-14(2)7-18(6-13)31(29,30)26-22(3,4)21(28)25-19-16-8-15-9-17(19)12-23(10-15,11-16)20(24)27/h5-7,15-17,19,26H,8-12H2,1-4H3,(H2,24,27)(H,25,28). The number of primary amides is 1. The van der Waals surface area contributed by atoms with Crippen LogP contribution in [-0.2, 0) is 19.6 Å². The van der Waals surface area contributed by atoms with Crippen molar-refractivity contribution in [3.05, 3.63) is 29.3 Å². The first-order valence-corrected chi connectivity index (χ1v) is 12.5. The molecule has 4 bridgehead atoms. The largest absolute Gasteiger partial charge is 0.369 e.